The summed E-state index contributed by atoms with van der Waals surface area (Å²) in [5.41, 5.74) is -0.426. The zero-order valence-corrected chi connectivity index (χ0v) is 12.3. The van der Waals surface area contributed by atoms with Crippen molar-refractivity contribution in [3.05, 3.63) is 11.6 Å². The predicted molar refractivity (Wildman–Crippen MR) is 72.1 cm³/mol. The molecule has 1 aliphatic heterocycles. The van der Waals surface area contributed by atoms with Gasteiger partial charge in [-0.1, -0.05) is 18.6 Å². The van der Waals surface area contributed by atoms with Crippen molar-refractivity contribution < 1.29 is 9.59 Å². The van der Waals surface area contributed by atoms with Crippen LogP contribution in [0, 0.1) is 0 Å². The average Bonchev–Trinajstić information content (AvgIpc) is 2.25. The molecule has 1 heterocycles. The first kappa shape index (κ1) is 14.7. The highest BCUT2D eigenvalue weighted by molar-refractivity contribution is 6.01. The first-order chi connectivity index (χ1) is 8.15. The number of allylic oxidation sites excluding steroid dienone is 1. The fourth-order valence-corrected chi connectivity index (χ4v) is 2.07. The van der Waals surface area contributed by atoms with Crippen molar-refractivity contribution in [3.63, 3.8) is 0 Å². The van der Waals surface area contributed by atoms with Crippen molar-refractivity contribution in [3.8, 4) is 0 Å². The van der Waals surface area contributed by atoms with E-state index < -0.39 is 11.1 Å². The van der Waals surface area contributed by atoms with E-state index in [1.165, 1.54) is 0 Å². The Hall–Kier alpha value is -1.32. The molecule has 0 aromatic heterocycles. The number of piperazine rings is 1. The molecule has 18 heavy (non-hydrogen) atoms. The van der Waals surface area contributed by atoms with Gasteiger partial charge in [-0.2, -0.15) is 0 Å². The van der Waals surface area contributed by atoms with Crippen molar-refractivity contribution in [2.45, 2.75) is 59.0 Å². The van der Waals surface area contributed by atoms with Crippen LogP contribution in [0.4, 0.5) is 0 Å². The largest absolute Gasteiger partial charge is 0.340 e. The third-order valence-corrected chi connectivity index (χ3v) is 3.66. The van der Waals surface area contributed by atoms with E-state index in [0.717, 1.165) is 5.57 Å². The average molecular weight is 252 g/mol. The van der Waals surface area contributed by atoms with Gasteiger partial charge in [0.15, 0.2) is 0 Å². The van der Waals surface area contributed by atoms with Gasteiger partial charge in [0.1, 0.15) is 11.1 Å². The first-order valence-corrected chi connectivity index (χ1v) is 6.43. The van der Waals surface area contributed by atoms with Gasteiger partial charge in [-0.25, -0.2) is 0 Å². The van der Waals surface area contributed by atoms with E-state index in [4.69, 9.17) is 0 Å². The van der Waals surface area contributed by atoms with E-state index >= 15 is 0 Å². The smallest absolute Gasteiger partial charge is 0.248 e. The molecule has 0 aliphatic carbocycles. The van der Waals surface area contributed by atoms with Gasteiger partial charge in [0, 0.05) is 6.54 Å². The fraction of sp³-hybridized carbons (Fsp3) is 0.714. The van der Waals surface area contributed by atoms with Crippen LogP contribution in [0.25, 0.3) is 0 Å². The Morgan fingerprint density at radius 2 is 1.83 bits per heavy atom. The van der Waals surface area contributed by atoms with Crippen molar-refractivity contribution in [2.75, 3.05) is 6.54 Å². The van der Waals surface area contributed by atoms with Crippen LogP contribution in [-0.4, -0.2) is 34.3 Å². The number of nitrogens with one attached hydrogen (secondary N) is 1. The molecule has 1 unspecified atom stereocenters. The van der Waals surface area contributed by atoms with Crippen molar-refractivity contribution in [1.82, 2.24) is 10.2 Å². The van der Waals surface area contributed by atoms with Crippen molar-refractivity contribution in [1.29, 1.82) is 0 Å². The molecule has 1 aliphatic rings. The normalized spacial score (nSPS) is 26.9. The Morgan fingerprint density at radius 3 is 2.28 bits per heavy atom. The highest BCUT2D eigenvalue weighted by Crippen LogP contribution is 2.28. The zero-order chi connectivity index (χ0) is 14.1. The highest BCUT2D eigenvalue weighted by atomic mass is 16.2. The monoisotopic (exact) mass is 252 g/mol. The third kappa shape index (κ3) is 2.42. The number of amides is 2. The number of rotatable bonds is 3. The molecule has 0 aromatic carbocycles. The summed E-state index contributed by atoms with van der Waals surface area (Å²) in [4.78, 5) is 26.4. The summed E-state index contributed by atoms with van der Waals surface area (Å²) in [5.74, 6) is -0.0966. The molecule has 1 saturated heterocycles. The van der Waals surface area contributed by atoms with Gasteiger partial charge in [0.25, 0.3) is 0 Å². The summed E-state index contributed by atoms with van der Waals surface area (Å²) >= 11 is 0. The second kappa shape index (κ2) is 4.75. The Kier molecular flexibility index (Phi) is 3.89. The standard InChI is InChI=1S/C14H24N2O2/c1-7-14(6)11(17)15-13(4,5)12(18)16(14)9-8-10(2)3/h8H,7,9H2,1-6H3,(H,15,17). The maximum Gasteiger partial charge on any atom is 0.248 e. The molecule has 0 saturated carbocycles. The second-order valence-electron chi connectivity index (χ2n) is 5.90. The van der Waals surface area contributed by atoms with Crippen molar-refractivity contribution in [2.24, 2.45) is 0 Å². The lowest BCUT2D eigenvalue weighted by atomic mass is 9.86. The molecular formula is C14H24N2O2. The minimum Gasteiger partial charge on any atom is -0.340 e. The Labute approximate surface area is 109 Å². The molecule has 0 radical (unpaired) electrons. The van der Waals surface area contributed by atoms with E-state index in [0.29, 0.717) is 13.0 Å². The van der Waals surface area contributed by atoms with Crippen LogP contribution in [0.1, 0.15) is 48.0 Å². The summed E-state index contributed by atoms with van der Waals surface area (Å²) in [5, 5.41) is 2.81. The van der Waals surface area contributed by atoms with Crippen LogP contribution in [0.2, 0.25) is 0 Å². The number of carbonyl (C=O) groups excluding carboxylic acids is 2. The van der Waals surface area contributed by atoms with Crippen LogP contribution >= 0.6 is 0 Å². The van der Waals surface area contributed by atoms with Crippen LogP contribution in [0.5, 0.6) is 0 Å². The molecule has 4 nitrogen and oxygen atoms in total. The number of nitrogens with zero attached hydrogens (tertiary/aromatic N) is 1. The molecule has 1 fully saturated rings. The van der Waals surface area contributed by atoms with E-state index in [1.807, 2.05) is 33.8 Å². The SMILES string of the molecule is CCC1(C)C(=O)NC(C)(C)C(=O)N1CC=C(C)C. The summed E-state index contributed by atoms with van der Waals surface area (Å²) in [6.07, 6.45) is 2.59. The van der Waals surface area contributed by atoms with Gasteiger partial charge < -0.3 is 10.2 Å². The molecule has 4 heteroatoms. The molecule has 2 amide bonds. The first-order valence-electron chi connectivity index (χ1n) is 6.43. The Bertz CT molecular complexity index is 395. The van der Waals surface area contributed by atoms with Crippen LogP contribution in [0.15, 0.2) is 11.6 Å². The fourth-order valence-electron chi connectivity index (χ4n) is 2.07. The number of carbonyl (C=O) groups is 2. The van der Waals surface area contributed by atoms with Gasteiger partial charge in [-0.05, 0) is 41.0 Å². The summed E-state index contributed by atoms with van der Waals surface area (Å²) < 4.78 is 0. The predicted octanol–water partition coefficient (Wildman–Crippen LogP) is 1.86. The second-order valence-corrected chi connectivity index (χ2v) is 5.90. The molecule has 1 rings (SSSR count). The van der Waals surface area contributed by atoms with E-state index in [-0.39, 0.29) is 11.8 Å². The number of hydrogen-bond donors (Lipinski definition) is 1. The molecule has 0 aromatic rings. The third-order valence-electron chi connectivity index (χ3n) is 3.66. The molecule has 1 atom stereocenters. The van der Waals surface area contributed by atoms with Gasteiger partial charge in [-0.3, -0.25) is 9.59 Å². The molecule has 0 spiro atoms. The summed E-state index contributed by atoms with van der Waals surface area (Å²) in [6.45, 7) is 11.7. The maximum atomic E-state index is 12.5. The van der Waals surface area contributed by atoms with Crippen molar-refractivity contribution >= 4 is 11.8 Å². The van der Waals surface area contributed by atoms with E-state index in [2.05, 4.69) is 5.32 Å². The lowest BCUT2D eigenvalue weighted by Crippen LogP contribution is -2.73. The minimum atomic E-state index is -0.818. The summed E-state index contributed by atoms with van der Waals surface area (Å²) in [6, 6.07) is 0. The van der Waals surface area contributed by atoms with Crippen LogP contribution in [0.3, 0.4) is 0 Å². The van der Waals surface area contributed by atoms with E-state index in [1.54, 1.807) is 18.7 Å². The zero-order valence-electron chi connectivity index (χ0n) is 12.3. The lowest BCUT2D eigenvalue weighted by Gasteiger charge is -2.48. The molecular weight excluding hydrogens is 228 g/mol. The van der Waals surface area contributed by atoms with Gasteiger partial charge >= 0.3 is 0 Å². The van der Waals surface area contributed by atoms with Crippen LogP contribution in [-0.2, 0) is 9.59 Å². The quantitative estimate of drug-likeness (QED) is 0.779. The van der Waals surface area contributed by atoms with Gasteiger partial charge in [-0.15, -0.1) is 0 Å². The molecule has 0 bridgehead atoms. The van der Waals surface area contributed by atoms with E-state index in [9.17, 15) is 9.59 Å². The molecule has 1 N–H and O–H groups in total. The maximum absolute atomic E-state index is 12.5. The van der Waals surface area contributed by atoms with Crippen LogP contribution < -0.4 is 5.32 Å². The van der Waals surface area contributed by atoms with Gasteiger partial charge in [0.2, 0.25) is 11.8 Å². The highest BCUT2D eigenvalue weighted by Gasteiger charge is 2.51. The number of hydrogen-bond acceptors (Lipinski definition) is 2. The van der Waals surface area contributed by atoms with Gasteiger partial charge in [0.05, 0.1) is 0 Å². The Morgan fingerprint density at radius 1 is 1.28 bits per heavy atom. The Balaban J connectivity index is 3.14. The lowest BCUT2D eigenvalue weighted by molar-refractivity contribution is -0.160. The molecule has 102 valence electrons. The summed E-state index contributed by atoms with van der Waals surface area (Å²) in [7, 11) is 0. The minimum absolute atomic E-state index is 0.0241. The topological polar surface area (TPSA) is 49.4 Å².